The number of nitrogens with one attached hydrogen (secondary N) is 1. The lowest BCUT2D eigenvalue weighted by Crippen LogP contribution is -2.38. The lowest BCUT2D eigenvalue weighted by atomic mass is 10.2. The molecule has 0 aliphatic carbocycles. The average Bonchev–Trinajstić information content (AvgIpc) is 2.76. The van der Waals surface area contributed by atoms with E-state index in [2.05, 4.69) is 5.32 Å². The van der Waals surface area contributed by atoms with Crippen LogP contribution in [0.4, 0.5) is 0 Å². The maximum Gasteiger partial charge on any atom is 0.269 e. The highest BCUT2D eigenvalue weighted by Gasteiger charge is 2.40. The van der Waals surface area contributed by atoms with Crippen molar-refractivity contribution in [1.29, 1.82) is 0 Å². The third-order valence-electron chi connectivity index (χ3n) is 3.62. The lowest BCUT2D eigenvalue weighted by molar-refractivity contribution is 0.0859. The van der Waals surface area contributed by atoms with Crippen LogP contribution in [0, 0.1) is 0 Å². The van der Waals surface area contributed by atoms with Crippen LogP contribution in [-0.4, -0.2) is 37.6 Å². The third kappa shape index (κ3) is 2.88. The van der Waals surface area contributed by atoms with Crippen molar-refractivity contribution in [3.05, 3.63) is 64.7 Å². The molecule has 0 aromatic heterocycles. The summed E-state index contributed by atoms with van der Waals surface area (Å²) >= 11 is 5.76. The van der Waals surface area contributed by atoms with E-state index in [1.807, 2.05) is 0 Å². The van der Waals surface area contributed by atoms with Gasteiger partial charge >= 0.3 is 0 Å². The molecule has 3 rings (SSSR count). The first kappa shape index (κ1) is 16.5. The van der Waals surface area contributed by atoms with Gasteiger partial charge in [-0.25, -0.2) is 12.7 Å². The van der Waals surface area contributed by atoms with E-state index in [-0.39, 0.29) is 29.5 Å². The van der Waals surface area contributed by atoms with E-state index < -0.39 is 15.9 Å². The number of sulfonamides is 1. The Bertz CT molecular complexity index is 910. The zero-order chi connectivity index (χ0) is 17.3. The quantitative estimate of drug-likeness (QED) is 0.898. The first-order chi connectivity index (χ1) is 11.4. The van der Waals surface area contributed by atoms with Crippen LogP contribution < -0.4 is 5.32 Å². The van der Waals surface area contributed by atoms with Crippen LogP contribution in [-0.2, 0) is 10.0 Å². The van der Waals surface area contributed by atoms with E-state index in [0.717, 1.165) is 4.31 Å². The lowest BCUT2D eigenvalue weighted by Gasteiger charge is -2.15. The summed E-state index contributed by atoms with van der Waals surface area (Å²) in [6, 6.07) is 12.3. The van der Waals surface area contributed by atoms with Gasteiger partial charge in [0.1, 0.15) is 4.90 Å². The largest absolute Gasteiger partial charge is 0.350 e. The summed E-state index contributed by atoms with van der Waals surface area (Å²) in [6.45, 7) is -0.115. The molecule has 2 aromatic rings. The highest BCUT2D eigenvalue weighted by Crippen LogP contribution is 2.29. The summed E-state index contributed by atoms with van der Waals surface area (Å²) in [7, 11) is -3.85. The van der Waals surface area contributed by atoms with Gasteiger partial charge in [-0.1, -0.05) is 23.7 Å². The number of carbonyl (C=O) groups is 2. The molecule has 0 fully saturated rings. The molecule has 1 aliphatic heterocycles. The van der Waals surface area contributed by atoms with Crippen molar-refractivity contribution in [1.82, 2.24) is 9.62 Å². The van der Waals surface area contributed by atoms with Gasteiger partial charge in [0.05, 0.1) is 12.1 Å². The highest BCUT2D eigenvalue weighted by molar-refractivity contribution is 7.90. The van der Waals surface area contributed by atoms with Gasteiger partial charge in [0, 0.05) is 17.1 Å². The summed E-state index contributed by atoms with van der Waals surface area (Å²) in [5.41, 5.74) is 0.555. The molecule has 0 spiro atoms. The van der Waals surface area contributed by atoms with E-state index in [4.69, 9.17) is 11.6 Å². The van der Waals surface area contributed by atoms with Crippen LogP contribution in [0.25, 0.3) is 0 Å². The van der Waals surface area contributed by atoms with Gasteiger partial charge in [0.15, 0.2) is 0 Å². The molecular formula is C16H13ClN2O4S. The van der Waals surface area contributed by atoms with Gasteiger partial charge in [-0.3, -0.25) is 9.59 Å². The number of nitrogens with zero attached hydrogens (tertiary/aromatic N) is 1. The second-order valence-electron chi connectivity index (χ2n) is 5.14. The molecule has 8 heteroatoms. The predicted molar refractivity (Wildman–Crippen MR) is 88.4 cm³/mol. The summed E-state index contributed by atoms with van der Waals surface area (Å²) in [4.78, 5) is 24.2. The van der Waals surface area contributed by atoms with E-state index in [9.17, 15) is 18.0 Å². The number of carbonyl (C=O) groups excluding carboxylic acids is 2. The molecule has 1 heterocycles. The number of rotatable bonds is 4. The van der Waals surface area contributed by atoms with Crippen molar-refractivity contribution in [3.63, 3.8) is 0 Å². The maximum absolute atomic E-state index is 12.4. The summed E-state index contributed by atoms with van der Waals surface area (Å²) in [5.74, 6) is -0.945. The Balaban J connectivity index is 1.67. The second-order valence-corrected chi connectivity index (χ2v) is 7.41. The molecule has 0 saturated carbocycles. The first-order valence-electron chi connectivity index (χ1n) is 7.11. The molecule has 1 aliphatic rings. The monoisotopic (exact) mass is 364 g/mol. The minimum atomic E-state index is -3.85. The van der Waals surface area contributed by atoms with Gasteiger partial charge in [-0.2, -0.15) is 0 Å². The van der Waals surface area contributed by atoms with Crippen LogP contribution in [0.5, 0.6) is 0 Å². The molecule has 1 N–H and O–H groups in total. The molecule has 2 amide bonds. The molecule has 0 bridgehead atoms. The molecule has 0 saturated heterocycles. The Labute approximate surface area is 144 Å². The third-order valence-corrected chi connectivity index (χ3v) is 5.71. The number of benzene rings is 2. The fraction of sp³-hybridized carbons (Fsp3) is 0.125. The molecule has 0 atom stereocenters. The zero-order valence-corrected chi connectivity index (χ0v) is 14.0. The van der Waals surface area contributed by atoms with Crippen LogP contribution in [0.15, 0.2) is 53.4 Å². The fourth-order valence-electron chi connectivity index (χ4n) is 2.43. The predicted octanol–water partition coefficient (Wildman–Crippen LogP) is 1.91. The summed E-state index contributed by atoms with van der Waals surface area (Å²) in [5, 5.41) is 3.10. The Hall–Kier alpha value is -2.38. The minimum Gasteiger partial charge on any atom is -0.350 e. The number of hydrogen-bond donors (Lipinski definition) is 1. The van der Waals surface area contributed by atoms with Crippen LogP contribution in [0.2, 0.25) is 5.02 Å². The topological polar surface area (TPSA) is 83.6 Å². The Morgan fingerprint density at radius 3 is 2.42 bits per heavy atom. The van der Waals surface area contributed by atoms with E-state index in [1.165, 1.54) is 12.1 Å². The van der Waals surface area contributed by atoms with E-state index in [1.54, 1.807) is 36.4 Å². The van der Waals surface area contributed by atoms with Crippen molar-refractivity contribution in [2.45, 2.75) is 4.90 Å². The van der Waals surface area contributed by atoms with Crippen molar-refractivity contribution in [2.24, 2.45) is 0 Å². The van der Waals surface area contributed by atoms with Crippen LogP contribution in [0.3, 0.4) is 0 Å². The number of halogens is 1. The molecule has 0 unspecified atom stereocenters. The van der Waals surface area contributed by atoms with E-state index >= 15 is 0 Å². The van der Waals surface area contributed by atoms with Crippen LogP contribution in [0.1, 0.15) is 20.7 Å². The number of amides is 2. The van der Waals surface area contributed by atoms with Gasteiger partial charge < -0.3 is 5.32 Å². The van der Waals surface area contributed by atoms with E-state index in [0.29, 0.717) is 10.6 Å². The standard InChI is InChI=1S/C16H13ClN2O4S/c17-12-7-5-11(6-8-12)15(20)18-9-10-19-16(21)13-3-1-2-4-14(13)24(19,22)23/h1-8H,9-10H2,(H,18,20). The normalized spacial score (nSPS) is 15.2. The smallest absolute Gasteiger partial charge is 0.269 e. The summed E-state index contributed by atoms with van der Waals surface area (Å²) in [6.07, 6.45) is 0. The van der Waals surface area contributed by atoms with Crippen molar-refractivity contribution >= 4 is 33.4 Å². The molecule has 0 radical (unpaired) electrons. The minimum absolute atomic E-state index is 0.000900. The number of hydrogen-bond acceptors (Lipinski definition) is 4. The Kier molecular flexibility index (Phi) is 4.29. The number of fused-ring (bicyclic) bond motifs is 1. The van der Waals surface area contributed by atoms with Gasteiger partial charge in [0.25, 0.3) is 21.8 Å². The molecule has 6 nitrogen and oxygen atoms in total. The zero-order valence-electron chi connectivity index (χ0n) is 12.4. The van der Waals surface area contributed by atoms with Crippen LogP contribution >= 0.6 is 11.6 Å². The average molecular weight is 365 g/mol. The second kappa shape index (κ2) is 6.26. The van der Waals surface area contributed by atoms with Gasteiger partial charge in [0.2, 0.25) is 0 Å². The highest BCUT2D eigenvalue weighted by atomic mass is 35.5. The van der Waals surface area contributed by atoms with Crippen molar-refractivity contribution in [3.8, 4) is 0 Å². The van der Waals surface area contributed by atoms with Gasteiger partial charge in [-0.15, -0.1) is 0 Å². The van der Waals surface area contributed by atoms with Crippen molar-refractivity contribution in [2.75, 3.05) is 13.1 Å². The Morgan fingerprint density at radius 2 is 1.75 bits per heavy atom. The van der Waals surface area contributed by atoms with Crippen molar-refractivity contribution < 1.29 is 18.0 Å². The molecule has 24 heavy (non-hydrogen) atoms. The maximum atomic E-state index is 12.4. The summed E-state index contributed by atoms with van der Waals surface area (Å²) < 4.78 is 25.5. The van der Waals surface area contributed by atoms with Gasteiger partial charge in [-0.05, 0) is 36.4 Å². The molecule has 2 aromatic carbocycles. The first-order valence-corrected chi connectivity index (χ1v) is 8.93. The fourth-order valence-corrected chi connectivity index (χ4v) is 4.12. The SMILES string of the molecule is O=C(NCCN1C(=O)c2ccccc2S1(=O)=O)c1ccc(Cl)cc1. The molecule has 124 valence electrons. The Morgan fingerprint density at radius 1 is 1.08 bits per heavy atom. The molecular weight excluding hydrogens is 352 g/mol.